The van der Waals surface area contributed by atoms with Crippen LogP contribution in [0.2, 0.25) is 0 Å². The van der Waals surface area contributed by atoms with Crippen molar-refractivity contribution in [2.45, 2.75) is 158 Å². The molecule has 2 aliphatic heterocycles. The quantitative estimate of drug-likeness (QED) is 0.122. The van der Waals surface area contributed by atoms with Crippen molar-refractivity contribution in [2.24, 2.45) is 46.3 Å². The van der Waals surface area contributed by atoms with E-state index in [1.807, 2.05) is 6.92 Å². The minimum atomic E-state index is -1.62. The van der Waals surface area contributed by atoms with E-state index in [1.165, 1.54) is 0 Å². The maximum Gasteiger partial charge on any atom is 0.303 e. The second-order valence-electron chi connectivity index (χ2n) is 17.0. The van der Waals surface area contributed by atoms with Gasteiger partial charge in [0.25, 0.3) is 0 Å². The van der Waals surface area contributed by atoms with Crippen LogP contribution >= 0.6 is 0 Å². The molecule has 0 bridgehead atoms. The van der Waals surface area contributed by atoms with Crippen LogP contribution in [0.15, 0.2) is 0 Å². The van der Waals surface area contributed by atoms with Gasteiger partial charge in [-0.3, -0.25) is 4.79 Å². The van der Waals surface area contributed by atoms with E-state index in [0.717, 1.165) is 19.3 Å². The van der Waals surface area contributed by atoms with Gasteiger partial charge in [0.05, 0.1) is 31.5 Å². The number of aliphatic hydroxyl groups excluding tert-OH is 9. The van der Waals surface area contributed by atoms with Crippen LogP contribution in [0.4, 0.5) is 0 Å². The van der Waals surface area contributed by atoms with E-state index in [1.54, 1.807) is 0 Å². The molecule has 0 aromatic heterocycles. The van der Waals surface area contributed by atoms with E-state index >= 15 is 0 Å². The monoisotopic (exact) mass is 732 g/mol. The molecule has 4 saturated carbocycles. The second kappa shape index (κ2) is 15.2. The molecule has 0 aromatic rings. The standard InChI is InChI=1S/C36H60O15/c1-15(4-7-25(40)41)18-5-6-19-26-20(12-24(36(18,19)3)51-34-32(47)30(45)28(43)23(14-38)50-34)35(2)9-8-17(39)10-16(35)11-21(26)48-33-31(46)29(44)27(42)22(13-37)49-33/h15-24,26-34,37-39,42-47H,4-14H2,1-3H3,(H,40,41)/t15-,16+,17-,18-,19+,20+,21-,22-,23-,24+,26+,27-,28-,29+,30+,31-,32-,33+,34-,35+,36-/m1/s1. The molecule has 0 radical (unpaired) electrons. The van der Waals surface area contributed by atoms with Crippen molar-refractivity contribution < 1.29 is 74.8 Å². The Labute approximate surface area is 298 Å². The van der Waals surface area contributed by atoms with Crippen molar-refractivity contribution >= 4 is 5.97 Å². The maximum atomic E-state index is 11.6. The first-order valence-corrected chi connectivity index (χ1v) is 18.9. The first-order valence-electron chi connectivity index (χ1n) is 18.9. The van der Waals surface area contributed by atoms with E-state index in [9.17, 15) is 55.9 Å². The lowest BCUT2D eigenvalue weighted by atomic mass is 9.43. The summed E-state index contributed by atoms with van der Waals surface area (Å²) in [7, 11) is 0. The van der Waals surface area contributed by atoms with Gasteiger partial charge in [0.2, 0.25) is 0 Å². The molecule has 6 fully saturated rings. The molecule has 0 amide bonds. The van der Waals surface area contributed by atoms with Crippen LogP contribution < -0.4 is 0 Å². The highest BCUT2D eigenvalue weighted by Gasteiger charge is 2.68. The predicted molar refractivity (Wildman–Crippen MR) is 175 cm³/mol. The zero-order valence-electron chi connectivity index (χ0n) is 29.8. The summed E-state index contributed by atoms with van der Waals surface area (Å²) in [5, 5.41) is 104. The fourth-order valence-electron chi connectivity index (χ4n) is 11.7. The van der Waals surface area contributed by atoms with Gasteiger partial charge in [-0.1, -0.05) is 20.8 Å². The maximum absolute atomic E-state index is 11.6. The molecule has 2 saturated heterocycles. The third-order valence-corrected chi connectivity index (χ3v) is 14.6. The fraction of sp³-hybridized carbons (Fsp3) is 0.972. The second-order valence-corrected chi connectivity index (χ2v) is 17.0. The number of carboxylic acid groups (broad SMARTS) is 1. The molecule has 6 rings (SSSR count). The molecule has 2 heterocycles. The molecule has 51 heavy (non-hydrogen) atoms. The fourth-order valence-corrected chi connectivity index (χ4v) is 11.7. The Bertz CT molecular complexity index is 1210. The molecule has 0 spiro atoms. The van der Waals surface area contributed by atoms with Crippen LogP contribution in [-0.4, -0.2) is 150 Å². The van der Waals surface area contributed by atoms with Gasteiger partial charge in [0.15, 0.2) is 12.6 Å². The van der Waals surface area contributed by atoms with Crippen molar-refractivity contribution in [3.05, 3.63) is 0 Å². The van der Waals surface area contributed by atoms with E-state index in [4.69, 9.17) is 18.9 Å². The van der Waals surface area contributed by atoms with Crippen molar-refractivity contribution in [3.8, 4) is 0 Å². The minimum Gasteiger partial charge on any atom is -0.481 e. The lowest BCUT2D eigenvalue weighted by Gasteiger charge is -2.65. The molecule has 294 valence electrons. The summed E-state index contributed by atoms with van der Waals surface area (Å²) in [5.74, 6) is -1.23. The van der Waals surface area contributed by atoms with Crippen molar-refractivity contribution in [2.75, 3.05) is 13.2 Å². The molecule has 0 unspecified atom stereocenters. The number of rotatable bonds is 10. The van der Waals surface area contributed by atoms with Crippen LogP contribution in [0.25, 0.3) is 0 Å². The average molecular weight is 733 g/mol. The van der Waals surface area contributed by atoms with E-state index in [-0.39, 0.29) is 47.3 Å². The van der Waals surface area contributed by atoms with Crippen LogP contribution in [0.1, 0.15) is 78.6 Å². The zero-order valence-corrected chi connectivity index (χ0v) is 29.8. The summed E-state index contributed by atoms with van der Waals surface area (Å²) in [6.45, 7) is 5.21. The summed E-state index contributed by atoms with van der Waals surface area (Å²) in [6.07, 6.45) is -11.3. The highest BCUT2D eigenvalue weighted by molar-refractivity contribution is 5.66. The summed E-state index contributed by atoms with van der Waals surface area (Å²) in [6, 6.07) is 0. The molecule has 15 heteroatoms. The molecular formula is C36H60O15. The zero-order chi connectivity index (χ0) is 37.2. The molecule has 10 N–H and O–H groups in total. The van der Waals surface area contributed by atoms with Crippen molar-refractivity contribution in [1.82, 2.24) is 0 Å². The minimum absolute atomic E-state index is 0.00124. The third kappa shape index (κ3) is 6.91. The Balaban J connectivity index is 1.39. The van der Waals surface area contributed by atoms with Crippen LogP contribution in [0, 0.1) is 46.3 Å². The molecule has 6 aliphatic rings. The first-order chi connectivity index (χ1) is 24.1. The van der Waals surface area contributed by atoms with Crippen LogP contribution in [0.3, 0.4) is 0 Å². The lowest BCUT2D eigenvalue weighted by Crippen LogP contribution is -2.66. The Morgan fingerprint density at radius 3 is 1.92 bits per heavy atom. The molecule has 15 nitrogen and oxygen atoms in total. The Kier molecular flexibility index (Phi) is 11.8. The summed E-state index contributed by atoms with van der Waals surface area (Å²) in [4.78, 5) is 11.6. The lowest BCUT2D eigenvalue weighted by molar-refractivity contribution is -0.346. The van der Waals surface area contributed by atoms with Gasteiger partial charge in [0, 0.05) is 11.8 Å². The van der Waals surface area contributed by atoms with Gasteiger partial charge in [-0.25, -0.2) is 0 Å². The third-order valence-electron chi connectivity index (χ3n) is 14.6. The number of aliphatic hydroxyl groups is 9. The Morgan fingerprint density at radius 2 is 1.35 bits per heavy atom. The Hall–Kier alpha value is -1.05. The van der Waals surface area contributed by atoms with Gasteiger partial charge in [-0.05, 0) is 92.3 Å². The number of aliphatic carboxylic acids is 1. The molecule has 4 aliphatic carbocycles. The topological polar surface area (TPSA) is 256 Å². The smallest absolute Gasteiger partial charge is 0.303 e. The number of hydrogen-bond acceptors (Lipinski definition) is 14. The average Bonchev–Trinajstić information content (AvgIpc) is 3.46. The summed E-state index contributed by atoms with van der Waals surface area (Å²) < 4.78 is 25.2. The molecule has 21 atom stereocenters. The van der Waals surface area contributed by atoms with Gasteiger partial charge in [-0.2, -0.15) is 0 Å². The largest absolute Gasteiger partial charge is 0.481 e. The van der Waals surface area contributed by atoms with Gasteiger partial charge in [0.1, 0.15) is 48.8 Å². The van der Waals surface area contributed by atoms with E-state index < -0.39 is 104 Å². The van der Waals surface area contributed by atoms with Crippen molar-refractivity contribution in [1.29, 1.82) is 0 Å². The number of hydrogen-bond donors (Lipinski definition) is 10. The van der Waals surface area contributed by atoms with Gasteiger partial charge >= 0.3 is 5.97 Å². The van der Waals surface area contributed by atoms with Crippen molar-refractivity contribution in [3.63, 3.8) is 0 Å². The Morgan fingerprint density at radius 1 is 0.765 bits per heavy atom. The summed E-state index contributed by atoms with van der Waals surface area (Å²) in [5.41, 5.74) is -0.906. The molecule has 0 aromatic carbocycles. The molecular weight excluding hydrogens is 672 g/mol. The number of ether oxygens (including phenoxy) is 4. The highest BCUT2D eigenvalue weighted by Crippen LogP contribution is 2.69. The number of carboxylic acids is 1. The highest BCUT2D eigenvalue weighted by atomic mass is 16.7. The number of fused-ring (bicyclic) bond motifs is 5. The number of carbonyl (C=O) groups is 1. The van der Waals surface area contributed by atoms with Gasteiger partial charge < -0.3 is 70.0 Å². The summed E-state index contributed by atoms with van der Waals surface area (Å²) >= 11 is 0. The SMILES string of the molecule is C[C@H](CCC(=O)O)[C@H]1CC[C@H]2[C@@H]3[C@H](O[C@H]4O[C@H](CO)[C@@H](O)[C@H](O)[C@H]4O)C[C@@H]4C[C@H](O)CC[C@]4(C)[C@H]3C[C@H](O[C@H]3O[C@H](CO)[C@@H](O)[C@H](O)[C@H]3O)[C@]12C. The van der Waals surface area contributed by atoms with Crippen LogP contribution in [-0.2, 0) is 23.7 Å². The first kappa shape index (κ1) is 39.6. The normalized spacial score (nSPS) is 53.5. The van der Waals surface area contributed by atoms with Crippen LogP contribution in [0.5, 0.6) is 0 Å². The predicted octanol–water partition coefficient (Wildman–Crippen LogP) is -0.903. The van der Waals surface area contributed by atoms with E-state index in [2.05, 4.69) is 13.8 Å². The van der Waals surface area contributed by atoms with Gasteiger partial charge in [-0.15, -0.1) is 0 Å². The van der Waals surface area contributed by atoms with E-state index in [0.29, 0.717) is 32.1 Å².